The van der Waals surface area contributed by atoms with Crippen molar-refractivity contribution in [3.05, 3.63) is 58.6 Å². The molecule has 0 fully saturated rings. The van der Waals surface area contributed by atoms with Gasteiger partial charge < -0.3 is 15.0 Å². The van der Waals surface area contributed by atoms with Crippen LogP contribution in [0.1, 0.15) is 11.1 Å². The molecule has 2 aromatic carbocycles. The number of halogens is 1. The van der Waals surface area contributed by atoms with Gasteiger partial charge in [-0.2, -0.15) is 5.26 Å². The highest BCUT2D eigenvalue weighted by Crippen LogP contribution is 2.27. The fourth-order valence-electron chi connectivity index (χ4n) is 2.41. The van der Waals surface area contributed by atoms with Gasteiger partial charge in [-0.1, -0.05) is 23.7 Å². The van der Waals surface area contributed by atoms with Crippen LogP contribution in [0.5, 0.6) is 5.75 Å². The summed E-state index contributed by atoms with van der Waals surface area (Å²) in [5.74, 6) is 0.427. The lowest BCUT2D eigenvalue weighted by Crippen LogP contribution is -3.08. The summed E-state index contributed by atoms with van der Waals surface area (Å²) in [5, 5.41) is 12.3. The van der Waals surface area contributed by atoms with Gasteiger partial charge in [0.2, 0.25) is 0 Å². The van der Waals surface area contributed by atoms with Gasteiger partial charge in [0.25, 0.3) is 5.91 Å². The Bertz CT molecular complexity index is 771. The number of quaternary nitrogens is 1. The average Bonchev–Trinajstić information content (AvgIpc) is 2.55. The molecule has 0 aromatic heterocycles. The van der Waals surface area contributed by atoms with E-state index in [1.54, 1.807) is 31.4 Å². The Morgan fingerprint density at radius 3 is 2.83 bits per heavy atom. The quantitative estimate of drug-likeness (QED) is 0.840. The number of hydrogen-bond donors (Lipinski definition) is 2. The number of amides is 1. The van der Waals surface area contributed by atoms with Gasteiger partial charge in [0.1, 0.15) is 12.3 Å². The van der Waals surface area contributed by atoms with Crippen LogP contribution in [0.25, 0.3) is 0 Å². The number of benzene rings is 2. The molecule has 1 atom stereocenters. The van der Waals surface area contributed by atoms with Crippen LogP contribution >= 0.6 is 11.6 Å². The van der Waals surface area contributed by atoms with Crippen molar-refractivity contribution in [1.82, 2.24) is 0 Å². The van der Waals surface area contributed by atoms with Crippen LogP contribution in [0.4, 0.5) is 5.69 Å². The number of rotatable bonds is 6. The molecule has 0 radical (unpaired) electrons. The number of methoxy groups -OCH3 is 1. The standard InChI is InChI=1S/C18H18ClN3O2/c1-22(11-14-5-3-4-13(8-14)10-20)12-18(23)21-16-9-15(19)6-7-17(16)24-2/h3-9H,11-12H2,1-2H3,(H,21,23)/p+1. The van der Waals surface area contributed by atoms with Crippen LogP contribution in [-0.2, 0) is 11.3 Å². The third-order valence-corrected chi connectivity index (χ3v) is 3.70. The van der Waals surface area contributed by atoms with E-state index in [0.29, 0.717) is 28.6 Å². The number of anilines is 1. The zero-order valence-electron chi connectivity index (χ0n) is 13.6. The minimum atomic E-state index is -0.135. The van der Waals surface area contributed by atoms with Gasteiger partial charge in [0.05, 0.1) is 31.5 Å². The Morgan fingerprint density at radius 1 is 1.33 bits per heavy atom. The number of nitriles is 1. The second kappa shape index (κ2) is 8.34. The lowest BCUT2D eigenvalue weighted by molar-refractivity contribution is -0.885. The summed E-state index contributed by atoms with van der Waals surface area (Å²) < 4.78 is 5.22. The van der Waals surface area contributed by atoms with Crippen molar-refractivity contribution in [1.29, 1.82) is 5.26 Å². The molecule has 124 valence electrons. The Morgan fingerprint density at radius 2 is 2.12 bits per heavy atom. The molecule has 6 heteroatoms. The molecule has 2 N–H and O–H groups in total. The second-order valence-electron chi connectivity index (χ2n) is 5.52. The zero-order valence-corrected chi connectivity index (χ0v) is 14.4. The fraction of sp³-hybridized carbons (Fsp3) is 0.222. The smallest absolute Gasteiger partial charge is 0.279 e. The highest BCUT2D eigenvalue weighted by molar-refractivity contribution is 6.31. The van der Waals surface area contributed by atoms with Crippen LogP contribution in [0.15, 0.2) is 42.5 Å². The molecule has 0 saturated carbocycles. The summed E-state index contributed by atoms with van der Waals surface area (Å²) in [7, 11) is 3.46. The van der Waals surface area contributed by atoms with E-state index in [4.69, 9.17) is 21.6 Å². The first-order valence-electron chi connectivity index (χ1n) is 7.45. The maximum Gasteiger partial charge on any atom is 0.279 e. The van der Waals surface area contributed by atoms with E-state index < -0.39 is 0 Å². The Kier molecular flexibility index (Phi) is 6.19. The largest absolute Gasteiger partial charge is 0.495 e. The monoisotopic (exact) mass is 344 g/mol. The van der Waals surface area contributed by atoms with Crippen LogP contribution in [0.3, 0.4) is 0 Å². The minimum Gasteiger partial charge on any atom is -0.495 e. The van der Waals surface area contributed by atoms with Gasteiger partial charge in [-0.25, -0.2) is 0 Å². The predicted molar refractivity (Wildman–Crippen MR) is 93.2 cm³/mol. The highest BCUT2D eigenvalue weighted by atomic mass is 35.5. The molecule has 0 aliphatic rings. The van der Waals surface area contributed by atoms with Crippen molar-refractivity contribution in [2.75, 3.05) is 26.0 Å². The number of carbonyl (C=O) groups is 1. The van der Waals surface area contributed by atoms with E-state index in [0.717, 1.165) is 10.5 Å². The average molecular weight is 345 g/mol. The summed E-state index contributed by atoms with van der Waals surface area (Å²) in [4.78, 5) is 13.2. The van der Waals surface area contributed by atoms with E-state index in [9.17, 15) is 4.79 Å². The van der Waals surface area contributed by atoms with Gasteiger partial charge >= 0.3 is 0 Å². The number of carbonyl (C=O) groups excluding carboxylic acids is 1. The van der Waals surface area contributed by atoms with Gasteiger partial charge in [0.15, 0.2) is 6.54 Å². The van der Waals surface area contributed by atoms with Gasteiger partial charge in [-0.3, -0.25) is 4.79 Å². The third kappa shape index (κ3) is 4.98. The number of nitrogens with zero attached hydrogens (tertiary/aromatic N) is 1. The van der Waals surface area contributed by atoms with Crippen molar-refractivity contribution in [2.45, 2.75) is 6.54 Å². The third-order valence-electron chi connectivity index (χ3n) is 3.46. The maximum atomic E-state index is 12.2. The second-order valence-corrected chi connectivity index (χ2v) is 5.95. The minimum absolute atomic E-state index is 0.135. The Balaban J connectivity index is 1.97. The van der Waals surface area contributed by atoms with E-state index in [2.05, 4.69) is 11.4 Å². The number of nitrogens with one attached hydrogen (secondary N) is 2. The van der Waals surface area contributed by atoms with Crippen molar-refractivity contribution >= 4 is 23.2 Å². The van der Waals surface area contributed by atoms with Crippen LogP contribution in [0.2, 0.25) is 5.02 Å². The molecule has 2 aromatic rings. The van der Waals surface area contributed by atoms with E-state index >= 15 is 0 Å². The van der Waals surface area contributed by atoms with Gasteiger partial charge in [-0.15, -0.1) is 0 Å². The van der Waals surface area contributed by atoms with Crippen LogP contribution < -0.4 is 15.0 Å². The summed E-state index contributed by atoms with van der Waals surface area (Å²) in [5.41, 5.74) is 2.18. The first-order valence-corrected chi connectivity index (χ1v) is 7.83. The lowest BCUT2D eigenvalue weighted by atomic mass is 10.1. The summed E-state index contributed by atoms with van der Waals surface area (Å²) in [6, 6.07) is 14.6. The normalized spacial score (nSPS) is 11.4. The van der Waals surface area contributed by atoms with Gasteiger partial charge in [0, 0.05) is 10.6 Å². The van der Waals surface area contributed by atoms with Crippen molar-refractivity contribution in [3.63, 3.8) is 0 Å². The van der Waals surface area contributed by atoms with Crippen LogP contribution in [0, 0.1) is 11.3 Å². The molecule has 1 amide bonds. The summed E-state index contributed by atoms with van der Waals surface area (Å²) in [6.45, 7) is 0.933. The molecule has 0 aliphatic heterocycles. The van der Waals surface area contributed by atoms with Crippen LogP contribution in [-0.4, -0.2) is 26.6 Å². The van der Waals surface area contributed by atoms with E-state index in [-0.39, 0.29) is 12.5 Å². The van der Waals surface area contributed by atoms with Crippen molar-refractivity contribution in [3.8, 4) is 11.8 Å². The maximum absolute atomic E-state index is 12.2. The molecule has 5 nitrogen and oxygen atoms in total. The van der Waals surface area contributed by atoms with Gasteiger partial charge in [-0.05, 0) is 30.3 Å². The number of hydrogen-bond acceptors (Lipinski definition) is 3. The molecule has 0 saturated heterocycles. The highest BCUT2D eigenvalue weighted by Gasteiger charge is 2.13. The first kappa shape index (κ1) is 17.8. The SMILES string of the molecule is COc1ccc(Cl)cc1NC(=O)C[NH+](C)Cc1cccc(C#N)c1. The Hall–Kier alpha value is -2.55. The molecule has 1 unspecified atom stereocenters. The summed E-state index contributed by atoms with van der Waals surface area (Å²) in [6.07, 6.45) is 0. The number of ether oxygens (including phenoxy) is 1. The van der Waals surface area contributed by atoms with Crippen molar-refractivity contribution < 1.29 is 14.4 Å². The van der Waals surface area contributed by atoms with E-state index in [1.165, 1.54) is 0 Å². The lowest BCUT2D eigenvalue weighted by Gasteiger charge is -2.15. The molecule has 0 heterocycles. The Labute approximate surface area is 146 Å². The molecule has 2 rings (SSSR count). The molecule has 0 aliphatic carbocycles. The first-order chi connectivity index (χ1) is 11.5. The van der Waals surface area contributed by atoms with Crippen molar-refractivity contribution in [2.24, 2.45) is 0 Å². The summed E-state index contributed by atoms with van der Waals surface area (Å²) >= 11 is 5.96. The topological polar surface area (TPSA) is 66.6 Å². The zero-order chi connectivity index (χ0) is 17.5. The molecule has 0 bridgehead atoms. The predicted octanol–water partition coefficient (Wildman–Crippen LogP) is 1.87. The molecular weight excluding hydrogens is 326 g/mol. The fourth-order valence-corrected chi connectivity index (χ4v) is 2.58. The van der Waals surface area contributed by atoms with E-state index in [1.807, 2.05) is 25.2 Å². The molecule has 24 heavy (non-hydrogen) atoms. The number of likely N-dealkylation sites (N-methyl/N-ethyl adjacent to an activating group) is 1. The molecule has 0 spiro atoms. The molecular formula is C18H19ClN3O2+.